The molecule has 0 atom stereocenters. The molecule has 1 amide bonds. The van der Waals surface area contributed by atoms with Gasteiger partial charge < -0.3 is 13.9 Å². The van der Waals surface area contributed by atoms with Crippen LogP contribution >= 0.6 is 22.9 Å². The summed E-state index contributed by atoms with van der Waals surface area (Å²) in [6, 6.07) is 13.0. The van der Waals surface area contributed by atoms with Gasteiger partial charge in [0.05, 0.1) is 29.4 Å². The summed E-state index contributed by atoms with van der Waals surface area (Å²) in [5, 5.41) is 1.26. The van der Waals surface area contributed by atoms with Crippen molar-refractivity contribution in [2.45, 2.75) is 19.9 Å². The number of rotatable bonds is 5. The lowest BCUT2D eigenvalue weighted by Crippen LogP contribution is -2.31. The Bertz CT molecular complexity index is 1240. The monoisotopic (exact) mass is 440 g/mol. The van der Waals surface area contributed by atoms with Crippen molar-refractivity contribution in [3.63, 3.8) is 0 Å². The molecule has 0 N–H and O–H groups in total. The van der Waals surface area contributed by atoms with Crippen LogP contribution in [0, 0.1) is 6.92 Å². The quantitative estimate of drug-likeness (QED) is 0.418. The van der Waals surface area contributed by atoms with E-state index in [1.54, 1.807) is 17.2 Å². The van der Waals surface area contributed by atoms with E-state index in [4.69, 9.17) is 30.5 Å². The number of benzene rings is 2. The van der Waals surface area contributed by atoms with Crippen molar-refractivity contribution in [1.29, 1.82) is 0 Å². The Balaban J connectivity index is 1.48. The van der Waals surface area contributed by atoms with Gasteiger partial charge >= 0.3 is 0 Å². The predicted octanol–water partition coefficient (Wildman–Crippen LogP) is 5.36. The Hall–Kier alpha value is -3.03. The fraction of sp³-hybridized carbons (Fsp3) is 0.182. The maximum Gasteiger partial charge on any atom is 0.233 e. The zero-order valence-corrected chi connectivity index (χ0v) is 17.6. The molecule has 0 saturated heterocycles. The van der Waals surface area contributed by atoms with Crippen molar-refractivity contribution in [3.05, 3.63) is 70.6 Å². The second-order valence-electron chi connectivity index (χ2n) is 6.94. The first-order valence-corrected chi connectivity index (χ1v) is 10.5. The van der Waals surface area contributed by atoms with Gasteiger partial charge in [-0.3, -0.25) is 9.69 Å². The van der Waals surface area contributed by atoms with E-state index in [0.29, 0.717) is 34.0 Å². The number of hydrogen-bond donors (Lipinski definition) is 0. The van der Waals surface area contributed by atoms with Crippen LogP contribution in [0.25, 0.3) is 10.2 Å². The Kier molecular flexibility index (Phi) is 4.84. The van der Waals surface area contributed by atoms with Crippen molar-refractivity contribution in [2.24, 2.45) is 0 Å². The molecule has 0 unspecified atom stereocenters. The normalized spacial score (nSPS) is 12.5. The molecule has 0 aliphatic carbocycles. The number of nitrogens with zero attached hydrogens (tertiary/aromatic N) is 2. The van der Waals surface area contributed by atoms with Crippen molar-refractivity contribution < 1.29 is 18.7 Å². The van der Waals surface area contributed by atoms with Crippen molar-refractivity contribution in [1.82, 2.24) is 4.98 Å². The number of ether oxygens (including phenoxy) is 2. The molecule has 1 aliphatic heterocycles. The number of halogens is 1. The molecule has 0 spiro atoms. The van der Waals surface area contributed by atoms with Crippen LogP contribution in [0.2, 0.25) is 5.02 Å². The Morgan fingerprint density at radius 3 is 2.90 bits per heavy atom. The number of hydrogen-bond acceptors (Lipinski definition) is 6. The van der Waals surface area contributed by atoms with E-state index in [9.17, 15) is 4.79 Å². The molecule has 3 heterocycles. The number of furan rings is 1. The molecule has 152 valence electrons. The van der Waals surface area contributed by atoms with E-state index in [1.165, 1.54) is 11.3 Å². The molecule has 8 heteroatoms. The van der Waals surface area contributed by atoms with Crippen LogP contribution in [0.4, 0.5) is 5.13 Å². The van der Waals surface area contributed by atoms with E-state index in [1.807, 2.05) is 43.3 Å². The number of anilines is 1. The van der Waals surface area contributed by atoms with Gasteiger partial charge in [0.1, 0.15) is 5.76 Å². The lowest BCUT2D eigenvalue weighted by Gasteiger charge is -2.19. The fourth-order valence-electron chi connectivity index (χ4n) is 3.35. The molecule has 2 aromatic heterocycles. The number of aryl methyl sites for hydroxylation is 1. The van der Waals surface area contributed by atoms with Crippen LogP contribution in [0.1, 0.15) is 16.9 Å². The first-order chi connectivity index (χ1) is 14.6. The minimum absolute atomic E-state index is 0.0897. The van der Waals surface area contributed by atoms with E-state index in [2.05, 4.69) is 0 Å². The highest BCUT2D eigenvalue weighted by Gasteiger charge is 2.23. The molecule has 5 rings (SSSR count). The Morgan fingerprint density at radius 1 is 1.20 bits per heavy atom. The second kappa shape index (κ2) is 7.66. The van der Waals surface area contributed by atoms with Crippen LogP contribution in [0.5, 0.6) is 11.5 Å². The number of carbonyl (C=O) groups excluding carboxylic acids is 1. The zero-order valence-electron chi connectivity index (χ0n) is 16.1. The fourth-order valence-corrected chi connectivity index (χ4v) is 4.54. The average Bonchev–Trinajstić information content (AvgIpc) is 3.49. The van der Waals surface area contributed by atoms with Crippen LogP contribution in [0.15, 0.2) is 53.1 Å². The molecule has 0 saturated carbocycles. The number of amides is 1. The lowest BCUT2D eigenvalue weighted by atomic mass is 10.1. The molecule has 6 nitrogen and oxygen atoms in total. The van der Waals surface area contributed by atoms with Gasteiger partial charge in [-0.05, 0) is 54.4 Å². The molecule has 0 radical (unpaired) electrons. The number of thiazole rings is 1. The third-order valence-corrected chi connectivity index (χ3v) is 6.41. The minimum atomic E-state index is -0.0897. The second-order valence-corrected chi connectivity index (χ2v) is 8.36. The van der Waals surface area contributed by atoms with Gasteiger partial charge in [0.15, 0.2) is 16.6 Å². The van der Waals surface area contributed by atoms with E-state index < -0.39 is 0 Å². The van der Waals surface area contributed by atoms with Crippen LogP contribution < -0.4 is 14.4 Å². The van der Waals surface area contributed by atoms with E-state index in [0.717, 1.165) is 21.3 Å². The van der Waals surface area contributed by atoms with Gasteiger partial charge in [0.2, 0.25) is 12.7 Å². The summed E-state index contributed by atoms with van der Waals surface area (Å²) < 4.78 is 17.2. The lowest BCUT2D eigenvalue weighted by molar-refractivity contribution is -0.118. The van der Waals surface area contributed by atoms with Crippen molar-refractivity contribution in [2.75, 3.05) is 11.7 Å². The topological polar surface area (TPSA) is 64.8 Å². The first-order valence-electron chi connectivity index (χ1n) is 9.35. The summed E-state index contributed by atoms with van der Waals surface area (Å²) in [4.78, 5) is 19.7. The molecule has 1 aliphatic rings. The largest absolute Gasteiger partial charge is 0.467 e. The Labute approximate surface area is 181 Å². The minimum Gasteiger partial charge on any atom is -0.467 e. The molecule has 30 heavy (non-hydrogen) atoms. The average molecular weight is 441 g/mol. The Morgan fingerprint density at radius 2 is 2.07 bits per heavy atom. The standard InChI is InChI=1S/C22H17ClN2O4S/c1-13-16(23)5-7-19-21(13)24-22(30-19)25(11-15-3-2-8-27-15)20(26)10-14-4-6-17-18(9-14)29-12-28-17/h2-9H,10-12H2,1H3. The van der Waals surface area contributed by atoms with Gasteiger partial charge in [-0.15, -0.1) is 0 Å². The smallest absolute Gasteiger partial charge is 0.233 e. The molecule has 0 fully saturated rings. The van der Waals surface area contributed by atoms with Crippen LogP contribution in [-0.4, -0.2) is 17.7 Å². The molecule has 4 aromatic rings. The summed E-state index contributed by atoms with van der Waals surface area (Å²) in [6.07, 6.45) is 1.80. The van der Waals surface area contributed by atoms with Crippen LogP contribution in [-0.2, 0) is 17.8 Å². The highest BCUT2D eigenvalue weighted by Crippen LogP contribution is 2.35. The van der Waals surface area contributed by atoms with E-state index >= 15 is 0 Å². The molecular formula is C22H17ClN2O4S. The summed E-state index contributed by atoms with van der Waals surface area (Å²) in [7, 11) is 0. The highest BCUT2D eigenvalue weighted by atomic mass is 35.5. The maximum atomic E-state index is 13.3. The van der Waals surface area contributed by atoms with Crippen molar-refractivity contribution in [3.8, 4) is 11.5 Å². The summed E-state index contributed by atoms with van der Waals surface area (Å²) in [5.74, 6) is 1.94. The van der Waals surface area contributed by atoms with E-state index in [-0.39, 0.29) is 19.1 Å². The molecule has 0 bridgehead atoms. The van der Waals surface area contributed by atoms with Gasteiger partial charge in [-0.2, -0.15) is 0 Å². The summed E-state index contributed by atoms with van der Waals surface area (Å²) in [5.41, 5.74) is 2.55. The third-order valence-electron chi connectivity index (χ3n) is 4.95. The summed E-state index contributed by atoms with van der Waals surface area (Å²) in [6.45, 7) is 2.42. The molecule has 2 aromatic carbocycles. The van der Waals surface area contributed by atoms with Crippen LogP contribution in [0.3, 0.4) is 0 Å². The predicted molar refractivity (Wildman–Crippen MR) is 116 cm³/mol. The number of carbonyl (C=O) groups is 1. The number of aromatic nitrogens is 1. The highest BCUT2D eigenvalue weighted by molar-refractivity contribution is 7.22. The van der Waals surface area contributed by atoms with Gasteiger partial charge in [-0.25, -0.2) is 4.98 Å². The van der Waals surface area contributed by atoms with Crippen molar-refractivity contribution >= 4 is 44.2 Å². The maximum absolute atomic E-state index is 13.3. The SMILES string of the molecule is Cc1c(Cl)ccc2sc(N(Cc3ccco3)C(=O)Cc3ccc4c(c3)OCO4)nc12. The third kappa shape index (κ3) is 3.51. The first kappa shape index (κ1) is 19.0. The van der Waals surface area contributed by atoms with Gasteiger partial charge in [0, 0.05) is 5.02 Å². The number of fused-ring (bicyclic) bond motifs is 2. The van der Waals surface area contributed by atoms with Gasteiger partial charge in [-0.1, -0.05) is 29.0 Å². The summed E-state index contributed by atoms with van der Waals surface area (Å²) >= 11 is 7.71. The molecular weight excluding hydrogens is 424 g/mol. The van der Waals surface area contributed by atoms with Gasteiger partial charge in [0.25, 0.3) is 0 Å². The zero-order chi connectivity index (χ0) is 20.7.